The fourth-order valence-corrected chi connectivity index (χ4v) is 1.22. The lowest BCUT2D eigenvalue weighted by atomic mass is 10.2. The van der Waals surface area contributed by atoms with Gasteiger partial charge in [0.1, 0.15) is 0 Å². The summed E-state index contributed by atoms with van der Waals surface area (Å²) < 4.78 is -1.31. The highest BCUT2D eigenvalue weighted by atomic mass is 35.6. The van der Waals surface area contributed by atoms with Crippen LogP contribution in [0.1, 0.15) is 32.6 Å². The zero-order valence-corrected chi connectivity index (χ0v) is 9.44. The third-order valence-corrected chi connectivity index (χ3v) is 3.09. The Morgan fingerprint density at radius 2 is 1.73 bits per heavy atom. The number of halogens is 4. The number of rotatable bonds is 4. The third-order valence-electron chi connectivity index (χ3n) is 1.42. The lowest BCUT2D eigenvalue weighted by Gasteiger charge is -2.17. The summed E-state index contributed by atoms with van der Waals surface area (Å²) in [6.45, 7) is 2.12. The van der Waals surface area contributed by atoms with Gasteiger partial charge in [0.25, 0.3) is 0 Å². The van der Waals surface area contributed by atoms with Crippen LogP contribution >= 0.6 is 46.4 Å². The smallest absolute Gasteiger partial charge is 0.118 e. The predicted molar refractivity (Wildman–Crippen MR) is 54.1 cm³/mol. The van der Waals surface area contributed by atoms with Gasteiger partial charge in [-0.1, -0.05) is 61.0 Å². The van der Waals surface area contributed by atoms with Crippen LogP contribution in [0.25, 0.3) is 0 Å². The van der Waals surface area contributed by atoms with Crippen molar-refractivity contribution in [2.24, 2.45) is 0 Å². The molecule has 0 amide bonds. The van der Waals surface area contributed by atoms with Crippen molar-refractivity contribution >= 4 is 46.4 Å². The second-order valence-corrected chi connectivity index (χ2v) is 5.40. The van der Waals surface area contributed by atoms with Crippen molar-refractivity contribution in [3.8, 4) is 0 Å². The van der Waals surface area contributed by atoms with E-state index in [1.807, 2.05) is 0 Å². The molecule has 0 fully saturated rings. The normalized spacial score (nSPS) is 15.0. The van der Waals surface area contributed by atoms with Gasteiger partial charge in [0, 0.05) is 0 Å². The molecule has 0 aromatic heterocycles. The lowest BCUT2D eigenvalue weighted by molar-refractivity contribution is 0.644. The fraction of sp³-hybridized carbons (Fsp3) is 1.00. The Hall–Kier alpha value is 1.16. The summed E-state index contributed by atoms with van der Waals surface area (Å²) >= 11 is 22.5. The molecule has 0 aliphatic heterocycles. The molecule has 0 heterocycles. The van der Waals surface area contributed by atoms with E-state index in [4.69, 9.17) is 46.4 Å². The molecule has 4 heteroatoms. The molecule has 0 saturated heterocycles. The van der Waals surface area contributed by atoms with Crippen molar-refractivity contribution in [1.29, 1.82) is 0 Å². The van der Waals surface area contributed by atoms with E-state index in [2.05, 4.69) is 6.92 Å². The molecule has 0 N–H and O–H groups in total. The number of alkyl halides is 4. The van der Waals surface area contributed by atoms with Crippen LogP contribution in [0.4, 0.5) is 0 Å². The highest BCUT2D eigenvalue weighted by Gasteiger charge is 2.29. The SMILES string of the molecule is CCCCCC(Cl)C(Cl)(Cl)Cl. The zero-order chi connectivity index (χ0) is 8.91. The van der Waals surface area contributed by atoms with Crippen molar-refractivity contribution in [3.63, 3.8) is 0 Å². The Kier molecular flexibility index (Phi) is 6.35. The lowest BCUT2D eigenvalue weighted by Crippen LogP contribution is -2.18. The maximum Gasteiger partial charge on any atom is 0.206 e. The summed E-state index contributed by atoms with van der Waals surface area (Å²) in [6, 6.07) is 0. The van der Waals surface area contributed by atoms with E-state index >= 15 is 0 Å². The van der Waals surface area contributed by atoms with Crippen molar-refractivity contribution in [1.82, 2.24) is 0 Å². The molecular formula is C7H12Cl4. The van der Waals surface area contributed by atoms with Crippen LogP contribution in [0.2, 0.25) is 0 Å². The number of hydrogen-bond acceptors (Lipinski definition) is 0. The van der Waals surface area contributed by atoms with Crippen molar-refractivity contribution in [3.05, 3.63) is 0 Å². The van der Waals surface area contributed by atoms with E-state index < -0.39 is 3.79 Å². The molecule has 0 nitrogen and oxygen atoms in total. The molecule has 0 aromatic rings. The van der Waals surface area contributed by atoms with Gasteiger partial charge in [-0.15, -0.1) is 11.6 Å². The van der Waals surface area contributed by atoms with Crippen LogP contribution in [-0.4, -0.2) is 9.17 Å². The van der Waals surface area contributed by atoms with E-state index in [0.717, 1.165) is 25.7 Å². The standard InChI is InChI=1S/C7H12Cl4/c1-2-3-4-5-6(8)7(9,10)11/h6H,2-5H2,1H3. The van der Waals surface area contributed by atoms with E-state index in [1.54, 1.807) is 0 Å². The van der Waals surface area contributed by atoms with Gasteiger partial charge >= 0.3 is 0 Å². The first kappa shape index (κ1) is 12.2. The quantitative estimate of drug-likeness (QED) is 0.498. The molecular weight excluding hydrogens is 226 g/mol. The average molecular weight is 238 g/mol. The van der Waals surface area contributed by atoms with Crippen LogP contribution in [0.3, 0.4) is 0 Å². The molecule has 68 valence electrons. The van der Waals surface area contributed by atoms with Crippen molar-refractivity contribution < 1.29 is 0 Å². The maximum atomic E-state index is 5.80. The Bertz CT molecular complexity index is 97.1. The summed E-state index contributed by atoms with van der Waals surface area (Å²) in [4.78, 5) is 0. The monoisotopic (exact) mass is 236 g/mol. The highest BCUT2D eigenvalue weighted by molar-refractivity contribution is 6.70. The van der Waals surface area contributed by atoms with Crippen LogP contribution < -0.4 is 0 Å². The van der Waals surface area contributed by atoms with Crippen molar-refractivity contribution in [2.75, 3.05) is 0 Å². The van der Waals surface area contributed by atoms with E-state index in [-0.39, 0.29) is 5.38 Å². The summed E-state index contributed by atoms with van der Waals surface area (Å²) in [7, 11) is 0. The molecule has 0 bridgehead atoms. The van der Waals surface area contributed by atoms with Crippen LogP contribution in [0, 0.1) is 0 Å². The Morgan fingerprint density at radius 1 is 1.18 bits per heavy atom. The zero-order valence-electron chi connectivity index (χ0n) is 6.42. The molecule has 0 radical (unpaired) electrons. The molecule has 0 spiro atoms. The average Bonchev–Trinajstić information content (AvgIpc) is 1.86. The minimum atomic E-state index is -1.31. The molecule has 1 atom stereocenters. The first-order valence-corrected chi connectivity index (χ1v) is 5.26. The first-order chi connectivity index (χ1) is 4.98. The second kappa shape index (κ2) is 5.75. The van der Waals surface area contributed by atoms with E-state index in [0.29, 0.717) is 0 Å². The number of unbranched alkanes of at least 4 members (excludes halogenated alkanes) is 2. The van der Waals surface area contributed by atoms with Crippen LogP contribution in [0.5, 0.6) is 0 Å². The first-order valence-electron chi connectivity index (χ1n) is 3.69. The molecule has 0 aromatic carbocycles. The fourth-order valence-electron chi connectivity index (χ4n) is 0.737. The van der Waals surface area contributed by atoms with Gasteiger partial charge in [0.05, 0.1) is 5.38 Å². The summed E-state index contributed by atoms with van der Waals surface area (Å²) in [5.74, 6) is 0. The molecule has 0 rings (SSSR count). The predicted octanol–water partition coefficient (Wildman–Crippen LogP) is 4.54. The van der Waals surface area contributed by atoms with Gasteiger partial charge in [-0.25, -0.2) is 0 Å². The van der Waals surface area contributed by atoms with Gasteiger partial charge in [-0.3, -0.25) is 0 Å². The Balaban J connectivity index is 3.44. The van der Waals surface area contributed by atoms with Gasteiger partial charge in [-0.05, 0) is 6.42 Å². The topological polar surface area (TPSA) is 0 Å². The minimum absolute atomic E-state index is 0.362. The molecule has 0 aliphatic rings. The van der Waals surface area contributed by atoms with E-state index in [1.165, 1.54) is 0 Å². The summed E-state index contributed by atoms with van der Waals surface area (Å²) in [5.41, 5.74) is 0. The largest absolute Gasteiger partial charge is 0.206 e. The Morgan fingerprint density at radius 3 is 2.09 bits per heavy atom. The number of hydrogen-bond donors (Lipinski definition) is 0. The van der Waals surface area contributed by atoms with Gasteiger partial charge < -0.3 is 0 Å². The maximum absolute atomic E-state index is 5.80. The Labute approximate surface area is 88.1 Å². The summed E-state index contributed by atoms with van der Waals surface area (Å²) in [5, 5.41) is -0.362. The minimum Gasteiger partial charge on any atom is -0.118 e. The van der Waals surface area contributed by atoms with Gasteiger partial charge in [0.2, 0.25) is 3.79 Å². The highest BCUT2D eigenvalue weighted by Crippen LogP contribution is 2.36. The molecule has 1 unspecified atom stereocenters. The van der Waals surface area contributed by atoms with Crippen molar-refractivity contribution in [2.45, 2.75) is 41.8 Å². The molecule has 0 saturated carbocycles. The van der Waals surface area contributed by atoms with E-state index in [9.17, 15) is 0 Å². The second-order valence-electron chi connectivity index (χ2n) is 2.50. The third kappa shape index (κ3) is 6.33. The molecule has 0 aliphatic carbocycles. The van der Waals surface area contributed by atoms with Gasteiger partial charge in [0.15, 0.2) is 0 Å². The molecule has 11 heavy (non-hydrogen) atoms. The van der Waals surface area contributed by atoms with Gasteiger partial charge in [-0.2, -0.15) is 0 Å². The summed E-state index contributed by atoms with van der Waals surface area (Å²) in [6.07, 6.45) is 4.10. The van der Waals surface area contributed by atoms with Crippen LogP contribution in [0.15, 0.2) is 0 Å². The van der Waals surface area contributed by atoms with Crippen LogP contribution in [-0.2, 0) is 0 Å².